The van der Waals surface area contributed by atoms with Crippen molar-refractivity contribution in [1.29, 1.82) is 0 Å². The third-order valence-electron chi connectivity index (χ3n) is 3.08. The lowest BCUT2D eigenvalue weighted by molar-refractivity contribution is 0.00971. The molecule has 2 nitrogen and oxygen atoms in total. The van der Waals surface area contributed by atoms with Crippen molar-refractivity contribution >= 4 is 0 Å². The van der Waals surface area contributed by atoms with Crippen molar-refractivity contribution in [3.8, 4) is 0 Å². The van der Waals surface area contributed by atoms with E-state index in [1.807, 2.05) is 0 Å². The minimum Gasteiger partial charge on any atom is -0.301 e. The third kappa shape index (κ3) is 0.867. The second-order valence-electron chi connectivity index (χ2n) is 3.76. The first-order chi connectivity index (χ1) is 4.77. The lowest BCUT2D eigenvalue weighted by atomic mass is 9.92. The van der Waals surface area contributed by atoms with Crippen LogP contribution in [0.25, 0.3) is 0 Å². The highest BCUT2D eigenvalue weighted by Gasteiger charge is 2.34. The molecular formula is C8H16N2. The fourth-order valence-electron chi connectivity index (χ4n) is 2.25. The summed E-state index contributed by atoms with van der Waals surface area (Å²) in [5.41, 5.74) is 0. The van der Waals surface area contributed by atoms with Crippen LogP contribution >= 0.6 is 0 Å². The van der Waals surface area contributed by atoms with Gasteiger partial charge < -0.3 is 9.80 Å². The molecule has 0 unspecified atom stereocenters. The van der Waals surface area contributed by atoms with Gasteiger partial charge in [0.15, 0.2) is 0 Å². The van der Waals surface area contributed by atoms with Crippen LogP contribution in [0.1, 0.15) is 12.8 Å². The summed E-state index contributed by atoms with van der Waals surface area (Å²) < 4.78 is 0. The van der Waals surface area contributed by atoms with E-state index in [9.17, 15) is 0 Å². The Morgan fingerprint density at radius 2 is 1.30 bits per heavy atom. The average Bonchev–Trinajstić information content (AvgIpc) is 1.91. The zero-order chi connectivity index (χ0) is 7.14. The second-order valence-corrected chi connectivity index (χ2v) is 3.76. The first-order valence-corrected chi connectivity index (χ1v) is 4.18. The summed E-state index contributed by atoms with van der Waals surface area (Å²) in [6.45, 7) is 2.59. The second kappa shape index (κ2) is 2.21. The number of hydrogen-bond acceptors (Lipinski definition) is 2. The number of likely N-dealkylation sites (N-methyl/N-ethyl adjacent to an activating group) is 2. The SMILES string of the molecule is CN1C[C@H]2CC[C@@H]1CN2C. The minimum atomic E-state index is 0.856. The largest absolute Gasteiger partial charge is 0.301 e. The molecule has 3 rings (SSSR count). The standard InChI is InChI=1S/C8H16N2/c1-9-5-8-4-3-7(9)6-10(8)2/h7-8H,3-6H2,1-2H3/t7-,8-/m1/s1. The molecule has 0 aromatic carbocycles. The fraction of sp³-hybridized carbons (Fsp3) is 1.00. The molecule has 0 N–H and O–H groups in total. The number of fused-ring (bicyclic) bond motifs is 3. The van der Waals surface area contributed by atoms with E-state index >= 15 is 0 Å². The van der Waals surface area contributed by atoms with Gasteiger partial charge in [0.2, 0.25) is 0 Å². The van der Waals surface area contributed by atoms with Crippen molar-refractivity contribution in [2.75, 3.05) is 27.2 Å². The van der Waals surface area contributed by atoms with Crippen molar-refractivity contribution < 1.29 is 0 Å². The van der Waals surface area contributed by atoms with E-state index < -0.39 is 0 Å². The van der Waals surface area contributed by atoms with Crippen LogP contribution in [0.3, 0.4) is 0 Å². The predicted molar refractivity (Wildman–Crippen MR) is 42.1 cm³/mol. The number of piperidine rings is 2. The van der Waals surface area contributed by atoms with Crippen LogP contribution in [0.4, 0.5) is 0 Å². The summed E-state index contributed by atoms with van der Waals surface area (Å²) in [5.74, 6) is 0. The maximum atomic E-state index is 2.51. The van der Waals surface area contributed by atoms with Gasteiger partial charge in [-0.2, -0.15) is 0 Å². The highest BCUT2D eigenvalue weighted by molar-refractivity contribution is 4.91. The molecule has 0 saturated carbocycles. The normalized spacial score (nSPS) is 42.6. The molecule has 2 bridgehead atoms. The summed E-state index contributed by atoms with van der Waals surface area (Å²) in [6, 6.07) is 1.71. The van der Waals surface area contributed by atoms with Gasteiger partial charge in [-0.1, -0.05) is 0 Å². The quantitative estimate of drug-likeness (QED) is 0.480. The summed E-state index contributed by atoms with van der Waals surface area (Å²) in [4.78, 5) is 5.02. The minimum absolute atomic E-state index is 0.856. The molecule has 58 valence electrons. The van der Waals surface area contributed by atoms with E-state index in [4.69, 9.17) is 0 Å². The van der Waals surface area contributed by atoms with Crippen molar-refractivity contribution in [3.05, 3.63) is 0 Å². The van der Waals surface area contributed by atoms with Gasteiger partial charge in [-0.25, -0.2) is 0 Å². The Morgan fingerprint density at radius 3 is 1.50 bits per heavy atom. The van der Waals surface area contributed by atoms with E-state index in [1.165, 1.54) is 25.9 Å². The zero-order valence-electron chi connectivity index (χ0n) is 6.88. The van der Waals surface area contributed by atoms with Crippen LogP contribution in [0.15, 0.2) is 0 Å². The summed E-state index contributed by atoms with van der Waals surface area (Å²) in [7, 11) is 4.51. The lowest BCUT2D eigenvalue weighted by Crippen LogP contribution is -2.59. The highest BCUT2D eigenvalue weighted by Crippen LogP contribution is 2.25. The van der Waals surface area contributed by atoms with E-state index in [1.54, 1.807) is 0 Å². The molecule has 3 heterocycles. The summed E-state index contributed by atoms with van der Waals surface area (Å²) in [5, 5.41) is 0. The van der Waals surface area contributed by atoms with Gasteiger partial charge >= 0.3 is 0 Å². The molecule has 0 radical (unpaired) electrons. The zero-order valence-corrected chi connectivity index (χ0v) is 6.88. The topological polar surface area (TPSA) is 6.48 Å². The molecule has 3 saturated heterocycles. The number of piperazine rings is 1. The number of rotatable bonds is 0. The molecule has 0 amide bonds. The van der Waals surface area contributed by atoms with Gasteiger partial charge in [-0.05, 0) is 26.9 Å². The Balaban J connectivity index is 2.09. The van der Waals surface area contributed by atoms with Crippen molar-refractivity contribution in [2.45, 2.75) is 24.9 Å². The van der Waals surface area contributed by atoms with E-state index in [0.717, 1.165) is 12.1 Å². The van der Waals surface area contributed by atoms with Crippen molar-refractivity contribution in [3.63, 3.8) is 0 Å². The van der Waals surface area contributed by atoms with E-state index in [2.05, 4.69) is 23.9 Å². The van der Waals surface area contributed by atoms with Crippen LogP contribution in [-0.4, -0.2) is 49.1 Å². The van der Waals surface area contributed by atoms with Crippen LogP contribution in [-0.2, 0) is 0 Å². The van der Waals surface area contributed by atoms with Crippen molar-refractivity contribution in [2.24, 2.45) is 0 Å². The monoisotopic (exact) mass is 140 g/mol. The Bertz CT molecular complexity index is 119. The average molecular weight is 140 g/mol. The van der Waals surface area contributed by atoms with Crippen LogP contribution in [0, 0.1) is 0 Å². The molecule has 0 aromatic heterocycles. The molecular weight excluding hydrogens is 124 g/mol. The summed E-state index contributed by atoms with van der Waals surface area (Å²) in [6.07, 6.45) is 2.84. The first kappa shape index (κ1) is 6.62. The van der Waals surface area contributed by atoms with Crippen molar-refractivity contribution in [1.82, 2.24) is 9.80 Å². The molecule has 2 atom stereocenters. The van der Waals surface area contributed by atoms with Gasteiger partial charge in [0.1, 0.15) is 0 Å². The Hall–Kier alpha value is -0.0800. The molecule has 10 heavy (non-hydrogen) atoms. The fourth-order valence-corrected chi connectivity index (χ4v) is 2.25. The van der Waals surface area contributed by atoms with Crippen LogP contribution < -0.4 is 0 Å². The molecule has 3 fully saturated rings. The third-order valence-corrected chi connectivity index (χ3v) is 3.08. The Labute approximate surface area is 62.8 Å². The van der Waals surface area contributed by atoms with Gasteiger partial charge in [0.05, 0.1) is 0 Å². The molecule has 2 heteroatoms. The Kier molecular flexibility index (Phi) is 1.46. The molecule has 3 aliphatic heterocycles. The van der Waals surface area contributed by atoms with E-state index in [-0.39, 0.29) is 0 Å². The highest BCUT2D eigenvalue weighted by atomic mass is 15.3. The molecule has 0 aliphatic carbocycles. The lowest BCUT2D eigenvalue weighted by Gasteiger charge is -2.48. The van der Waals surface area contributed by atoms with Gasteiger partial charge in [-0.15, -0.1) is 0 Å². The maximum Gasteiger partial charge on any atom is 0.0221 e. The molecule has 3 aliphatic rings. The number of nitrogens with zero attached hydrogens (tertiary/aromatic N) is 2. The molecule has 0 aromatic rings. The summed E-state index contributed by atoms with van der Waals surface area (Å²) >= 11 is 0. The maximum absolute atomic E-state index is 2.51. The first-order valence-electron chi connectivity index (χ1n) is 4.18. The van der Waals surface area contributed by atoms with Gasteiger partial charge in [0.25, 0.3) is 0 Å². The number of hydrogen-bond donors (Lipinski definition) is 0. The Morgan fingerprint density at radius 1 is 0.900 bits per heavy atom. The van der Waals surface area contributed by atoms with Gasteiger partial charge in [-0.3, -0.25) is 0 Å². The van der Waals surface area contributed by atoms with Crippen LogP contribution in [0.5, 0.6) is 0 Å². The van der Waals surface area contributed by atoms with E-state index in [0.29, 0.717) is 0 Å². The predicted octanol–water partition coefficient (Wildman–Crippen LogP) is 0.395. The van der Waals surface area contributed by atoms with Gasteiger partial charge in [0, 0.05) is 25.2 Å². The molecule has 0 spiro atoms. The smallest absolute Gasteiger partial charge is 0.0221 e. The van der Waals surface area contributed by atoms with Crippen LogP contribution in [0.2, 0.25) is 0 Å².